The number of nitriles is 1. The molecule has 17 heavy (non-hydrogen) atoms. The van der Waals surface area contributed by atoms with Gasteiger partial charge in [-0.1, -0.05) is 17.8 Å². The fourth-order valence-electron chi connectivity index (χ4n) is 1.39. The molecule has 0 unspecified atom stereocenters. The molecule has 1 heterocycles. The van der Waals surface area contributed by atoms with Crippen LogP contribution >= 0.6 is 11.8 Å². The summed E-state index contributed by atoms with van der Waals surface area (Å²) < 4.78 is 13.0. The molecule has 2 aromatic rings. The highest BCUT2D eigenvalue weighted by Crippen LogP contribution is 2.29. The lowest BCUT2D eigenvalue weighted by molar-refractivity contribution is 0.624. The minimum atomic E-state index is -0.291. The standard InChI is InChI=1S/C13H9FN2S/c1-9-5-6-16-13(12(9)8-15)17-11-4-2-3-10(14)7-11/h2-7H,1H3. The average molecular weight is 244 g/mol. The van der Waals surface area contributed by atoms with E-state index in [2.05, 4.69) is 11.1 Å². The van der Waals surface area contributed by atoms with Gasteiger partial charge in [-0.25, -0.2) is 9.37 Å². The minimum absolute atomic E-state index is 0.291. The molecule has 0 N–H and O–H groups in total. The van der Waals surface area contributed by atoms with Crippen LogP contribution in [0.1, 0.15) is 11.1 Å². The Morgan fingerprint density at radius 3 is 2.88 bits per heavy atom. The van der Waals surface area contributed by atoms with Crippen molar-refractivity contribution in [3.05, 3.63) is 53.5 Å². The van der Waals surface area contributed by atoms with Crippen LogP contribution in [0.15, 0.2) is 46.5 Å². The first-order valence-electron chi connectivity index (χ1n) is 5.00. The number of aryl methyl sites for hydroxylation is 1. The van der Waals surface area contributed by atoms with Gasteiger partial charge in [0, 0.05) is 11.1 Å². The maximum atomic E-state index is 13.0. The van der Waals surface area contributed by atoms with Gasteiger partial charge in [-0.05, 0) is 36.8 Å². The third-order valence-corrected chi connectivity index (χ3v) is 3.24. The molecule has 0 aliphatic heterocycles. The quantitative estimate of drug-likeness (QED) is 0.810. The summed E-state index contributed by atoms with van der Waals surface area (Å²) in [7, 11) is 0. The number of halogens is 1. The molecule has 1 aromatic carbocycles. The Labute approximate surface area is 103 Å². The van der Waals surface area contributed by atoms with Crippen LogP contribution in [0.5, 0.6) is 0 Å². The highest BCUT2D eigenvalue weighted by molar-refractivity contribution is 7.99. The van der Waals surface area contributed by atoms with E-state index >= 15 is 0 Å². The molecule has 84 valence electrons. The molecule has 2 nitrogen and oxygen atoms in total. The van der Waals surface area contributed by atoms with Gasteiger partial charge in [0.05, 0.1) is 5.56 Å². The molecule has 0 saturated carbocycles. The Balaban J connectivity index is 2.37. The van der Waals surface area contributed by atoms with Gasteiger partial charge in [0.2, 0.25) is 0 Å². The molecule has 0 fully saturated rings. The first kappa shape index (κ1) is 11.6. The van der Waals surface area contributed by atoms with Crippen LogP contribution in [0.4, 0.5) is 4.39 Å². The summed E-state index contributed by atoms with van der Waals surface area (Å²) in [6.07, 6.45) is 1.65. The molecule has 0 amide bonds. The van der Waals surface area contributed by atoms with E-state index in [0.717, 1.165) is 10.5 Å². The second kappa shape index (κ2) is 4.98. The van der Waals surface area contributed by atoms with Gasteiger partial charge < -0.3 is 0 Å². The fraction of sp³-hybridized carbons (Fsp3) is 0.0769. The van der Waals surface area contributed by atoms with Gasteiger partial charge in [0.25, 0.3) is 0 Å². The van der Waals surface area contributed by atoms with Crippen LogP contribution in [0.3, 0.4) is 0 Å². The number of pyridine rings is 1. The third-order valence-electron chi connectivity index (χ3n) is 2.25. The maximum Gasteiger partial charge on any atom is 0.124 e. The van der Waals surface area contributed by atoms with E-state index in [-0.39, 0.29) is 5.82 Å². The van der Waals surface area contributed by atoms with Gasteiger partial charge in [0.1, 0.15) is 16.9 Å². The monoisotopic (exact) mass is 244 g/mol. The van der Waals surface area contributed by atoms with Crippen LogP contribution in [0.25, 0.3) is 0 Å². The number of aromatic nitrogens is 1. The van der Waals surface area contributed by atoms with Gasteiger partial charge in [0.15, 0.2) is 0 Å². The van der Waals surface area contributed by atoms with E-state index in [1.165, 1.54) is 23.9 Å². The van der Waals surface area contributed by atoms with Crippen molar-refractivity contribution < 1.29 is 4.39 Å². The predicted octanol–water partition coefficient (Wildman–Crippen LogP) is 3.55. The van der Waals surface area contributed by atoms with Crippen molar-refractivity contribution in [1.29, 1.82) is 5.26 Å². The molecular weight excluding hydrogens is 235 g/mol. The molecule has 4 heteroatoms. The zero-order valence-electron chi connectivity index (χ0n) is 9.14. The predicted molar refractivity (Wildman–Crippen MR) is 64.2 cm³/mol. The van der Waals surface area contributed by atoms with Crippen molar-refractivity contribution in [3.8, 4) is 6.07 Å². The molecule has 0 saturated heterocycles. The second-order valence-corrected chi connectivity index (χ2v) is 4.54. The fourth-order valence-corrected chi connectivity index (χ4v) is 2.35. The summed E-state index contributed by atoms with van der Waals surface area (Å²) in [4.78, 5) is 4.89. The Bertz CT molecular complexity index is 590. The molecule has 0 aliphatic rings. The van der Waals surface area contributed by atoms with Crippen molar-refractivity contribution >= 4 is 11.8 Å². The van der Waals surface area contributed by atoms with Gasteiger partial charge in [-0.3, -0.25) is 0 Å². The lowest BCUT2D eigenvalue weighted by Crippen LogP contribution is -1.90. The maximum absolute atomic E-state index is 13.0. The van der Waals surface area contributed by atoms with E-state index in [0.29, 0.717) is 10.6 Å². The second-order valence-electron chi connectivity index (χ2n) is 3.48. The highest BCUT2D eigenvalue weighted by Gasteiger charge is 2.08. The third kappa shape index (κ3) is 2.63. The van der Waals surface area contributed by atoms with Crippen LogP contribution in [0.2, 0.25) is 0 Å². The topological polar surface area (TPSA) is 36.7 Å². The Morgan fingerprint density at radius 2 is 2.18 bits per heavy atom. The molecule has 0 bridgehead atoms. The molecule has 0 radical (unpaired) electrons. The lowest BCUT2D eigenvalue weighted by Gasteiger charge is -2.04. The van der Waals surface area contributed by atoms with Crippen molar-refractivity contribution in [3.63, 3.8) is 0 Å². The number of rotatable bonds is 2. The average Bonchev–Trinajstić information content (AvgIpc) is 2.29. The number of hydrogen-bond acceptors (Lipinski definition) is 3. The van der Waals surface area contributed by atoms with Crippen LogP contribution in [-0.4, -0.2) is 4.98 Å². The summed E-state index contributed by atoms with van der Waals surface area (Å²) in [5.74, 6) is -0.291. The zero-order chi connectivity index (χ0) is 12.3. The highest BCUT2D eigenvalue weighted by atomic mass is 32.2. The molecular formula is C13H9FN2S. The van der Waals surface area contributed by atoms with Gasteiger partial charge in [-0.2, -0.15) is 5.26 Å². The lowest BCUT2D eigenvalue weighted by atomic mass is 10.2. The number of benzene rings is 1. The molecule has 0 atom stereocenters. The summed E-state index contributed by atoms with van der Waals surface area (Å²) in [5.41, 5.74) is 1.42. The van der Waals surface area contributed by atoms with Crippen molar-refractivity contribution in [2.45, 2.75) is 16.8 Å². The summed E-state index contributed by atoms with van der Waals surface area (Å²) in [6.45, 7) is 1.86. The van der Waals surface area contributed by atoms with Crippen molar-refractivity contribution in [1.82, 2.24) is 4.98 Å². The number of hydrogen-bond donors (Lipinski definition) is 0. The molecule has 0 aliphatic carbocycles. The SMILES string of the molecule is Cc1ccnc(Sc2cccc(F)c2)c1C#N. The Kier molecular flexibility index (Phi) is 3.40. The normalized spacial score (nSPS) is 9.94. The molecule has 0 spiro atoms. The van der Waals surface area contributed by atoms with E-state index in [1.54, 1.807) is 24.4 Å². The Morgan fingerprint density at radius 1 is 1.35 bits per heavy atom. The van der Waals surface area contributed by atoms with Crippen LogP contribution in [0, 0.1) is 24.1 Å². The van der Waals surface area contributed by atoms with Crippen molar-refractivity contribution in [2.75, 3.05) is 0 Å². The van der Waals surface area contributed by atoms with Gasteiger partial charge in [-0.15, -0.1) is 0 Å². The van der Waals surface area contributed by atoms with E-state index in [1.807, 2.05) is 6.92 Å². The Hall–Kier alpha value is -1.86. The molecule has 2 rings (SSSR count). The first-order valence-corrected chi connectivity index (χ1v) is 5.81. The summed E-state index contributed by atoms with van der Waals surface area (Å²) >= 11 is 1.29. The van der Waals surface area contributed by atoms with Crippen LogP contribution in [-0.2, 0) is 0 Å². The largest absolute Gasteiger partial charge is 0.248 e. The number of nitrogens with zero attached hydrogens (tertiary/aromatic N) is 2. The van der Waals surface area contributed by atoms with E-state index in [9.17, 15) is 4.39 Å². The van der Waals surface area contributed by atoms with E-state index in [4.69, 9.17) is 5.26 Å². The van der Waals surface area contributed by atoms with Crippen LogP contribution < -0.4 is 0 Å². The smallest absolute Gasteiger partial charge is 0.124 e. The molecule has 1 aromatic heterocycles. The van der Waals surface area contributed by atoms with E-state index < -0.39 is 0 Å². The first-order chi connectivity index (χ1) is 8.20. The van der Waals surface area contributed by atoms with Gasteiger partial charge >= 0.3 is 0 Å². The minimum Gasteiger partial charge on any atom is -0.248 e. The summed E-state index contributed by atoms with van der Waals surface area (Å²) in [5, 5.41) is 9.66. The van der Waals surface area contributed by atoms with Crippen molar-refractivity contribution in [2.24, 2.45) is 0 Å². The zero-order valence-corrected chi connectivity index (χ0v) is 9.96. The summed E-state index contributed by atoms with van der Waals surface area (Å²) in [6, 6.07) is 10.2.